The molecule has 2 unspecified atom stereocenters. The molecule has 0 aromatic rings. The van der Waals surface area contributed by atoms with Crippen molar-refractivity contribution in [1.29, 1.82) is 0 Å². The second-order valence-corrected chi connectivity index (χ2v) is 24.9. The van der Waals surface area contributed by atoms with Gasteiger partial charge in [0.15, 0.2) is 0 Å². The van der Waals surface area contributed by atoms with Crippen LogP contribution in [0.2, 0.25) is 0 Å². The molecule has 3 N–H and O–H groups in total. The van der Waals surface area contributed by atoms with Gasteiger partial charge >= 0.3 is 5.97 Å². The van der Waals surface area contributed by atoms with Gasteiger partial charge in [-0.05, 0) is 57.8 Å². The summed E-state index contributed by atoms with van der Waals surface area (Å²) in [6.45, 7) is 4.91. The van der Waals surface area contributed by atoms with E-state index in [4.69, 9.17) is 4.74 Å². The average Bonchev–Trinajstić information content (AvgIpc) is 3.45. The maximum absolute atomic E-state index is 12.4. The Balaban J connectivity index is 3.28. The van der Waals surface area contributed by atoms with Crippen LogP contribution in [0.1, 0.15) is 406 Å². The Morgan fingerprint density at radius 3 is 0.899 bits per heavy atom. The summed E-state index contributed by atoms with van der Waals surface area (Å²) >= 11 is 0. The zero-order chi connectivity index (χ0) is 57.1. The van der Waals surface area contributed by atoms with Crippen molar-refractivity contribution in [2.45, 2.75) is 418 Å². The number of hydrogen-bond acceptors (Lipinski definition) is 5. The van der Waals surface area contributed by atoms with Crippen molar-refractivity contribution in [3.8, 4) is 0 Å². The molecule has 0 rings (SSSR count). The molecule has 0 heterocycles. The Morgan fingerprint density at radius 1 is 0.342 bits per heavy atom. The maximum atomic E-state index is 12.4. The Labute approximate surface area is 494 Å². The lowest BCUT2D eigenvalue weighted by Crippen LogP contribution is -2.45. The first kappa shape index (κ1) is 77.3. The molecule has 0 aromatic carbocycles. The molecule has 6 heteroatoms. The third-order valence-corrected chi connectivity index (χ3v) is 17.0. The van der Waals surface area contributed by atoms with E-state index in [1.54, 1.807) is 6.08 Å². The van der Waals surface area contributed by atoms with Crippen LogP contribution in [0.25, 0.3) is 0 Å². The number of unbranched alkanes of at least 4 members (excludes halogenated alkanes) is 55. The van der Waals surface area contributed by atoms with Gasteiger partial charge in [-0.15, -0.1) is 0 Å². The molecule has 6 nitrogen and oxygen atoms in total. The van der Waals surface area contributed by atoms with E-state index in [1.165, 1.54) is 340 Å². The Bertz CT molecular complexity index is 1230. The average molecular weight is 1110 g/mol. The Morgan fingerprint density at radius 2 is 0.595 bits per heavy atom. The van der Waals surface area contributed by atoms with Crippen LogP contribution < -0.4 is 5.32 Å². The van der Waals surface area contributed by atoms with Gasteiger partial charge in [0.05, 0.1) is 25.4 Å². The highest BCUT2D eigenvalue weighted by Gasteiger charge is 2.18. The summed E-state index contributed by atoms with van der Waals surface area (Å²) in [5, 5.41) is 23.0. The second kappa shape index (κ2) is 68.8. The number of nitrogens with one attached hydrogen (secondary N) is 1. The molecule has 0 saturated heterocycles. The number of carbonyl (C=O) groups is 2. The first-order valence-corrected chi connectivity index (χ1v) is 36.1. The van der Waals surface area contributed by atoms with Crippen LogP contribution in [0, 0.1) is 0 Å². The Kier molecular flexibility index (Phi) is 67.4. The van der Waals surface area contributed by atoms with E-state index in [2.05, 4.69) is 31.3 Å². The topological polar surface area (TPSA) is 95.9 Å². The summed E-state index contributed by atoms with van der Waals surface area (Å²) in [7, 11) is 0. The normalized spacial score (nSPS) is 12.6. The van der Waals surface area contributed by atoms with Gasteiger partial charge in [0, 0.05) is 12.8 Å². The van der Waals surface area contributed by atoms with Crippen LogP contribution >= 0.6 is 0 Å². The third kappa shape index (κ3) is 65.4. The van der Waals surface area contributed by atoms with Gasteiger partial charge in [-0.2, -0.15) is 0 Å². The lowest BCUT2D eigenvalue weighted by molar-refractivity contribution is -0.143. The van der Waals surface area contributed by atoms with Crippen molar-refractivity contribution in [2.75, 3.05) is 13.2 Å². The smallest absolute Gasteiger partial charge is 0.305 e. The molecule has 0 spiro atoms. The minimum absolute atomic E-state index is 0.0196. The molecule has 468 valence electrons. The van der Waals surface area contributed by atoms with Crippen molar-refractivity contribution < 1.29 is 24.5 Å². The monoisotopic (exact) mass is 1110 g/mol. The lowest BCUT2D eigenvalue weighted by Gasteiger charge is -2.20. The second-order valence-electron chi connectivity index (χ2n) is 24.9. The number of aliphatic hydroxyl groups excluding tert-OH is 2. The highest BCUT2D eigenvalue weighted by molar-refractivity contribution is 5.76. The molecule has 2 atom stereocenters. The summed E-state index contributed by atoms with van der Waals surface area (Å²) in [6, 6.07) is -0.621. The van der Waals surface area contributed by atoms with Gasteiger partial charge < -0.3 is 20.3 Å². The van der Waals surface area contributed by atoms with Crippen molar-refractivity contribution in [3.63, 3.8) is 0 Å². The van der Waals surface area contributed by atoms with Crippen LogP contribution in [0.5, 0.6) is 0 Å². The summed E-state index contributed by atoms with van der Waals surface area (Å²) in [4.78, 5) is 24.5. The van der Waals surface area contributed by atoms with E-state index in [1.807, 2.05) is 6.08 Å². The summed E-state index contributed by atoms with van der Waals surface area (Å²) in [6.07, 6.45) is 87.2. The number of ether oxygens (including phenoxy) is 1. The highest BCUT2D eigenvalue weighted by atomic mass is 16.5. The van der Waals surface area contributed by atoms with Gasteiger partial charge in [-0.1, -0.05) is 359 Å². The predicted octanol–water partition coefficient (Wildman–Crippen LogP) is 23.3. The SMILES string of the molecule is CCCCCCCC/C=C\CCCCCCCCCC(=O)OCCCCCCCCCCCCCCCCCCCCCCCCCCCCCCCCCCCCCC(=O)NC(CO)C(O)/C=C/CCCCCCCCCC. The number of rotatable bonds is 68. The van der Waals surface area contributed by atoms with E-state index >= 15 is 0 Å². The lowest BCUT2D eigenvalue weighted by atomic mass is 10.0. The molecule has 0 radical (unpaired) electrons. The minimum atomic E-state index is -0.838. The molecule has 0 aliphatic rings. The molecule has 0 bridgehead atoms. The van der Waals surface area contributed by atoms with Crippen LogP contribution in [0.4, 0.5) is 0 Å². The molecule has 0 fully saturated rings. The first-order chi connectivity index (χ1) is 39.0. The van der Waals surface area contributed by atoms with Crippen molar-refractivity contribution >= 4 is 11.9 Å². The zero-order valence-corrected chi connectivity index (χ0v) is 53.6. The van der Waals surface area contributed by atoms with Crippen molar-refractivity contribution in [2.24, 2.45) is 0 Å². The van der Waals surface area contributed by atoms with Gasteiger partial charge in [0.2, 0.25) is 5.91 Å². The molecule has 0 aromatic heterocycles. The standard InChI is InChI=1S/C73H141NO5/c1-3-5-7-9-11-13-15-16-17-37-41-44-47-51-55-59-63-67-73(78)79-68-64-60-56-52-48-45-42-39-36-34-32-30-28-26-24-22-20-18-19-21-23-25-27-29-31-33-35-38-40-43-46-50-54-58-62-66-72(77)74-70(69-75)71(76)65-61-57-53-49-14-12-10-8-6-4-2/h16-17,61,65,70-71,75-76H,3-15,18-60,62-64,66-69H2,1-2H3,(H,74,77)/b17-16-,65-61+. The summed E-state index contributed by atoms with van der Waals surface area (Å²) < 4.78 is 5.51. The van der Waals surface area contributed by atoms with Gasteiger partial charge in [0.25, 0.3) is 0 Å². The van der Waals surface area contributed by atoms with Gasteiger partial charge in [-0.3, -0.25) is 9.59 Å². The number of carbonyl (C=O) groups excluding carboxylic acids is 2. The number of allylic oxidation sites excluding steroid dienone is 3. The summed E-state index contributed by atoms with van der Waals surface area (Å²) in [5.41, 5.74) is 0. The number of aliphatic hydroxyl groups is 2. The maximum Gasteiger partial charge on any atom is 0.305 e. The van der Waals surface area contributed by atoms with Crippen LogP contribution in [0.3, 0.4) is 0 Å². The molecular weight excluding hydrogens is 971 g/mol. The van der Waals surface area contributed by atoms with Gasteiger partial charge in [0.1, 0.15) is 0 Å². The number of hydrogen-bond donors (Lipinski definition) is 3. The molecule has 0 saturated carbocycles. The van der Waals surface area contributed by atoms with Crippen LogP contribution in [0.15, 0.2) is 24.3 Å². The molecule has 0 aliphatic heterocycles. The molecule has 1 amide bonds. The fourth-order valence-corrected chi connectivity index (χ4v) is 11.5. The van der Waals surface area contributed by atoms with E-state index in [-0.39, 0.29) is 18.5 Å². The minimum Gasteiger partial charge on any atom is -0.466 e. The van der Waals surface area contributed by atoms with Crippen LogP contribution in [-0.4, -0.2) is 47.4 Å². The van der Waals surface area contributed by atoms with E-state index < -0.39 is 12.1 Å². The predicted molar refractivity (Wildman–Crippen MR) is 347 cm³/mol. The molecule has 79 heavy (non-hydrogen) atoms. The highest BCUT2D eigenvalue weighted by Crippen LogP contribution is 2.19. The zero-order valence-electron chi connectivity index (χ0n) is 53.6. The van der Waals surface area contributed by atoms with Crippen LogP contribution in [-0.2, 0) is 14.3 Å². The molecular formula is C73H141NO5. The number of esters is 1. The van der Waals surface area contributed by atoms with Gasteiger partial charge in [-0.25, -0.2) is 0 Å². The fraction of sp³-hybridized carbons (Fsp3) is 0.918. The third-order valence-electron chi connectivity index (χ3n) is 17.0. The first-order valence-electron chi connectivity index (χ1n) is 36.1. The number of amides is 1. The van der Waals surface area contributed by atoms with E-state index in [0.29, 0.717) is 19.4 Å². The van der Waals surface area contributed by atoms with E-state index in [9.17, 15) is 19.8 Å². The van der Waals surface area contributed by atoms with E-state index in [0.717, 1.165) is 38.5 Å². The molecule has 0 aliphatic carbocycles. The quantitative estimate of drug-likeness (QED) is 0.0320. The van der Waals surface area contributed by atoms with Crippen molar-refractivity contribution in [3.05, 3.63) is 24.3 Å². The largest absolute Gasteiger partial charge is 0.466 e. The van der Waals surface area contributed by atoms with Crippen molar-refractivity contribution in [1.82, 2.24) is 5.32 Å². The fourth-order valence-electron chi connectivity index (χ4n) is 11.5. The Hall–Kier alpha value is -1.66. The summed E-state index contributed by atoms with van der Waals surface area (Å²) in [5.74, 6) is -0.0433.